The van der Waals surface area contributed by atoms with Crippen LogP contribution in [-0.2, 0) is 11.3 Å². The Labute approximate surface area is 162 Å². The van der Waals surface area contributed by atoms with Crippen LogP contribution in [0, 0.1) is 0 Å². The maximum absolute atomic E-state index is 13.0. The number of anilines is 1. The molecule has 0 radical (unpaired) electrons. The van der Waals surface area contributed by atoms with Crippen molar-refractivity contribution in [2.75, 3.05) is 31.6 Å². The molecule has 1 fully saturated rings. The van der Waals surface area contributed by atoms with Crippen molar-refractivity contribution < 1.29 is 14.6 Å². The Balaban J connectivity index is 1.68. The molecule has 2 atom stereocenters. The van der Waals surface area contributed by atoms with Crippen molar-refractivity contribution in [1.82, 2.24) is 24.4 Å². The fraction of sp³-hybridized carbons (Fsp3) is 0.500. The normalized spacial score (nSPS) is 19.4. The molecule has 0 aliphatic carbocycles. The molecule has 0 saturated carbocycles. The number of nitrogens with zero attached hydrogens (tertiary/aromatic N) is 5. The molecule has 3 heterocycles. The van der Waals surface area contributed by atoms with E-state index in [9.17, 15) is 9.59 Å². The molecule has 0 spiro atoms. The molecule has 28 heavy (non-hydrogen) atoms. The molecule has 0 bridgehead atoms. The summed E-state index contributed by atoms with van der Waals surface area (Å²) >= 11 is 0. The van der Waals surface area contributed by atoms with Crippen molar-refractivity contribution in [3.63, 3.8) is 0 Å². The van der Waals surface area contributed by atoms with Crippen LogP contribution >= 0.6 is 0 Å². The summed E-state index contributed by atoms with van der Waals surface area (Å²) in [7, 11) is 0. The zero-order chi connectivity index (χ0) is 19.9. The second-order valence-corrected chi connectivity index (χ2v) is 6.61. The number of hydrogen-bond acceptors (Lipinski definition) is 8. The van der Waals surface area contributed by atoms with E-state index >= 15 is 0 Å². The van der Waals surface area contributed by atoms with Gasteiger partial charge in [0, 0.05) is 51.2 Å². The lowest BCUT2D eigenvalue weighted by Crippen LogP contribution is -2.49. The van der Waals surface area contributed by atoms with Gasteiger partial charge in [0.25, 0.3) is 11.5 Å². The summed E-state index contributed by atoms with van der Waals surface area (Å²) in [6.45, 7) is 3.56. The third kappa shape index (κ3) is 4.90. The average molecular weight is 388 g/mol. The van der Waals surface area contributed by atoms with E-state index in [0.717, 1.165) is 0 Å². The molecule has 1 amide bonds. The van der Waals surface area contributed by atoms with E-state index in [1.165, 1.54) is 35.7 Å². The Morgan fingerprint density at radius 2 is 2.25 bits per heavy atom. The van der Waals surface area contributed by atoms with Gasteiger partial charge in [-0.05, 0) is 13.3 Å². The van der Waals surface area contributed by atoms with Gasteiger partial charge in [0.15, 0.2) is 0 Å². The van der Waals surface area contributed by atoms with Gasteiger partial charge in [-0.2, -0.15) is 0 Å². The minimum Gasteiger partial charge on any atom is -0.396 e. The Hall–Kier alpha value is -2.85. The minimum atomic E-state index is -0.198. The molecule has 150 valence electrons. The largest absolute Gasteiger partial charge is 0.396 e. The number of carbonyl (C=O) groups is 1. The van der Waals surface area contributed by atoms with Crippen molar-refractivity contribution in [3.8, 4) is 0 Å². The first kappa shape index (κ1) is 19.9. The van der Waals surface area contributed by atoms with Crippen LogP contribution in [0.2, 0.25) is 0 Å². The Kier molecular flexibility index (Phi) is 6.66. The van der Waals surface area contributed by atoms with Gasteiger partial charge in [-0.1, -0.05) is 0 Å². The number of carbonyl (C=O) groups excluding carboxylic acids is 1. The number of morpholine rings is 1. The molecule has 2 N–H and O–H groups in total. The van der Waals surface area contributed by atoms with Crippen molar-refractivity contribution in [3.05, 3.63) is 47.0 Å². The third-order valence-corrected chi connectivity index (χ3v) is 4.44. The zero-order valence-corrected chi connectivity index (χ0v) is 15.7. The fourth-order valence-corrected chi connectivity index (χ4v) is 3.15. The summed E-state index contributed by atoms with van der Waals surface area (Å²) in [5.74, 6) is 0.217. The van der Waals surface area contributed by atoms with Crippen LogP contribution in [-0.4, -0.2) is 73.9 Å². The summed E-state index contributed by atoms with van der Waals surface area (Å²) in [4.78, 5) is 38.5. The number of rotatable bonds is 7. The van der Waals surface area contributed by atoms with Crippen LogP contribution in [0.25, 0.3) is 0 Å². The van der Waals surface area contributed by atoms with Gasteiger partial charge in [-0.15, -0.1) is 0 Å². The first-order valence-corrected chi connectivity index (χ1v) is 9.18. The minimum absolute atomic E-state index is 0.00832. The van der Waals surface area contributed by atoms with Gasteiger partial charge < -0.3 is 20.1 Å². The van der Waals surface area contributed by atoms with E-state index < -0.39 is 0 Å². The summed E-state index contributed by atoms with van der Waals surface area (Å²) in [5.41, 5.74) is 0.214. The standard InChI is InChI=1S/C18H24N6O4/c1-13-9-24(10-14(28-13)3-7-25)18(27)15-8-20-11-22-17(15)21-5-6-23-12-19-4-2-16(23)26/h2,4,8,11-14,25H,3,5-7,9-10H2,1H3,(H,20,21,22). The number of aliphatic hydroxyl groups excluding tert-OH is 1. The van der Waals surface area contributed by atoms with Gasteiger partial charge in [-0.3, -0.25) is 14.2 Å². The highest BCUT2D eigenvalue weighted by molar-refractivity contribution is 5.98. The van der Waals surface area contributed by atoms with E-state index in [-0.39, 0.29) is 30.3 Å². The molecule has 1 aliphatic rings. The highest BCUT2D eigenvalue weighted by atomic mass is 16.5. The summed E-state index contributed by atoms with van der Waals surface area (Å²) in [6.07, 6.45) is 5.92. The van der Waals surface area contributed by atoms with E-state index in [1.54, 1.807) is 4.90 Å². The Morgan fingerprint density at radius 1 is 1.39 bits per heavy atom. The Bertz CT molecular complexity index is 858. The molecule has 1 aliphatic heterocycles. The summed E-state index contributed by atoms with van der Waals surface area (Å²) in [5, 5.41) is 12.3. The third-order valence-electron chi connectivity index (χ3n) is 4.44. The molecule has 3 rings (SSSR count). The monoisotopic (exact) mass is 388 g/mol. The lowest BCUT2D eigenvalue weighted by molar-refractivity contribution is -0.0744. The lowest BCUT2D eigenvalue weighted by atomic mass is 10.1. The van der Waals surface area contributed by atoms with Crippen molar-refractivity contribution in [2.45, 2.75) is 32.1 Å². The summed E-state index contributed by atoms with van der Waals surface area (Å²) in [6, 6.07) is 1.39. The maximum atomic E-state index is 13.0. The molecule has 1 saturated heterocycles. The zero-order valence-electron chi connectivity index (χ0n) is 15.7. The molecule has 10 heteroatoms. The molecule has 0 aromatic carbocycles. The van der Waals surface area contributed by atoms with Crippen LogP contribution in [0.1, 0.15) is 23.7 Å². The van der Waals surface area contributed by atoms with E-state index in [4.69, 9.17) is 9.84 Å². The lowest BCUT2D eigenvalue weighted by Gasteiger charge is -2.36. The van der Waals surface area contributed by atoms with Crippen LogP contribution in [0.15, 0.2) is 35.9 Å². The van der Waals surface area contributed by atoms with Crippen LogP contribution in [0.3, 0.4) is 0 Å². The van der Waals surface area contributed by atoms with Gasteiger partial charge in [0.2, 0.25) is 0 Å². The van der Waals surface area contributed by atoms with E-state index in [2.05, 4.69) is 20.3 Å². The molecule has 2 aromatic heterocycles. The SMILES string of the molecule is CC1CN(C(=O)c2cncnc2NCCn2cnccc2=O)CC(CCO)O1. The van der Waals surface area contributed by atoms with Gasteiger partial charge in [-0.25, -0.2) is 15.0 Å². The first-order chi connectivity index (χ1) is 13.6. The van der Waals surface area contributed by atoms with Gasteiger partial charge in [0.05, 0.1) is 18.5 Å². The maximum Gasteiger partial charge on any atom is 0.259 e. The fourth-order valence-electron chi connectivity index (χ4n) is 3.15. The number of amides is 1. The smallest absolute Gasteiger partial charge is 0.259 e. The number of aliphatic hydroxyl groups is 1. The summed E-state index contributed by atoms with van der Waals surface area (Å²) < 4.78 is 7.23. The second-order valence-electron chi connectivity index (χ2n) is 6.61. The van der Waals surface area contributed by atoms with E-state index in [0.29, 0.717) is 44.0 Å². The Morgan fingerprint density at radius 3 is 3.04 bits per heavy atom. The molecule has 10 nitrogen and oxygen atoms in total. The topological polar surface area (TPSA) is 122 Å². The number of hydrogen-bond donors (Lipinski definition) is 2. The van der Waals surface area contributed by atoms with E-state index in [1.807, 2.05) is 6.92 Å². The predicted octanol–water partition coefficient (Wildman–Crippen LogP) is -0.243. The highest BCUT2D eigenvalue weighted by Crippen LogP contribution is 2.19. The van der Waals surface area contributed by atoms with Gasteiger partial charge in [0.1, 0.15) is 17.7 Å². The van der Waals surface area contributed by atoms with Crippen LogP contribution < -0.4 is 10.9 Å². The highest BCUT2D eigenvalue weighted by Gasteiger charge is 2.30. The molecular weight excluding hydrogens is 364 g/mol. The van der Waals surface area contributed by atoms with Crippen molar-refractivity contribution in [1.29, 1.82) is 0 Å². The quantitative estimate of drug-likeness (QED) is 0.666. The van der Waals surface area contributed by atoms with Crippen LogP contribution in [0.5, 0.6) is 0 Å². The molecule has 2 aromatic rings. The first-order valence-electron chi connectivity index (χ1n) is 9.18. The van der Waals surface area contributed by atoms with Gasteiger partial charge >= 0.3 is 0 Å². The molecule has 2 unspecified atom stereocenters. The van der Waals surface area contributed by atoms with Crippen LogP contribution in [0.4, 0.5) is 5.82 Å². The molecular formula is C18H24N6O4. The van der Waals surface area contributed by atoms with Crippen molar-refractivity contribution in [2.24, 2.45) is 0 Å². The average Bonchev–Trinajstić information content (AvgIpc) is 2.69. The number of aromatic nitrogens is 4. The second kappa shape index (κ2) is 9.38. The number of nitrogens with one attached hydrogen (secondary N) is 1. The van der Waals surface area contributed by atoms with Crippen molar-refractivity contribution >= 4 is 11.7 Å². The number of ether oxygens (including phenoxy) is 1. The predicted molar refractivity (Wildman–Crippen MR) is 101 cm³/mol.